The van der Waals surface area contributed by atoms with Crippen molar-refractivity contribution in [1.82, 2.24) is 0 Å². The minimum atomic E-state index is -0.229. The Morgan fingerprint density at radius 1 is 1.41 bits per heavy atom. The van der Waals surface area contributed by atoms with Crippen LogP contribution in [0.25, 0.3) is 0 Å². The number of esters is 1. The number of fused-ring (bicyclic) bond motifs is 1. The summed E-state index contributed by atoms with van der Waals surface area (Å²) in [6.07, 6.45) is 1.69. The van der Waals surface area contributed by atoms with Gasteiger partial charge in [-0.2, -0.15) is 0 Å². The van der Waals surface area contributed by atoms with E-state index in [2.05, 4.69) is 0 Å². The minimum absolute atomic E-state index is 0.229. The zero-order valence-corrected chi connectivity index (χ0v) is 10.1. The zero-order chi connectivity index (χ0) is 12.3. The second-order valence-electron chi connectivity index (χ2n) is 4.03. The van der Waals surface area contributed by atoms with Gasteiger partial charge in [-0.1, -0.05) is 6.07 Å². The van der Waals surface area contributed by atoms with E-state index in [1.807, 2.05) is 19.1 Å². The van der Waals surface area contributed by atoms with E-state index in [0.29, 0.717) is 13.4 Å². The predicted octanol–water partition coefficient (Wildman–Crippen LogP) is 2.22. The van der Waals surface area contributed by atoms with Crippen LogP contribution in [-0.2, 0) is 16.0 Å². The van der Waals surface area contributed by atoms with Crippen molar-refractivity contribution in [2.24, 2.45) is 0 Å². The first-order chi connectivity index (χ1) is 8.18. The standard InChI is InChI=1S/C13H16O4/c1-9-11(4-3-7-15-10(2)14)5-6-12-13(9)17-8-16-12/h5-6H,3-4,7-8H2,1-2H3. The highest BCUT2D eigenvalue weighted by molar-refractivity contribution is 5.65. The number of aryl methyl sites for hydroxylation is 1. The van der Waals surface area contributed by atoms with E-state index >= 15 is 0 Å². The molecule has 4 heteroatoms. The van der Waals surface area contributed by atoms with Gasteiger partial charge in [0, 0.05) is 6.92 Å². The molecule has 0 aromatic heterocycles. The Bertz CT molecular complexity index is 426. The zero-order valence-electron chi connectivity index (χ0n) is 10.1. The maximum absolute atomic E-state index is 10.6. The van der Waals surface area contributed by atoms with Gasteiger partial charge in [-0.3, -0.25) is 4.79 Å². The fourth-order valence-electron chi connectivity index (χ4n) is 1.90. The molecular weight excluding hydrogens is 220 g/mol. The summed E-state index contributed by atoms with van der Waals surface area (Å²) in [5.41, 5.74) is 2.32. The van der Waals surface area contributed by atoms with Gasteiger partial charge in [0.05, 0.1) is 6.61 Å². The summed E-state index contributed by atoms with van der Waals surface area (Å²) in [5.74, 6) is 1.42. The van der Waals surface area contributed by atoms with Crippen LogP contribution < -0.4 is 9.47 Å². The van der Waals surface area contributed by atoms with Crippen molar-refractivity contribution in [3.8, 4) is 11.5 Å². The van der Waals surface area contributed by atoms with Gasteiger partial charge in [-0.15, -0.1) is 0 Å². The Labute approximate surface area is 100 Å². The van der Waals surface area contributed by atoms with E-state index in [1.165, 1.54) is 12.5 Å². The highest BCUT2D eigenvalue weighted by atomic mass is 16.7. The third-order valence-corrected chi connectivity index (χ3v) is 2.80. The topological polar surface area (TPSA) is 44.8 Å². The monoisotopic (exact) mass is 236 g/mol. The number of ether oxygens (including phenoxy) is 3. The van der Waals surface area contributed by atoms with Crippen molar-refractivity contribution < 1.29 is 19.0 Å². The van der Waals surface area contributed by atoms with Crippen LogP contribution in [0.15, 0.2) is 12.1 Å². The van der Waals surface area contributed by atoms with Crippen molar-refractivity contribution in [3.05, 3.63) is 23.3 Å². The lowest BCUT2D eigenvalue weighted by Crippen LogP contribution is -2.02. The lowest BCUT2D eigenvalue weighted by molar-refractivity contribution is -0.141. The van der Waals surface area contributed by atoms with E-state index < -0.39 is 0 Å². The van der Waals surface area contributed by atoms with Gasteiger partial charge in [0.1, 0.15) is 0 Å². The Balaban J connectivity index is 1.95. The van der Waals surface area contributed by atoms with Gasteiger partial charge in [0.25, 0.3) is 0 Å². The molecule has 1 aliphatic heterocycles. The van der Waals surface area contributed by atoms with Gasteiger partial charge in [0.2, 0.25) is 6.79 Å². The highest BCUT2D eigenvalue weighted by Crippen LogP contribution is 2.37. The SMILES string of the molecule is CC(=O)OCCCc1ccc2c(c1C)OCO2. The first kappa shape index (κ1) is 11.8. The summed E-state index contributed by atoms with van der Waals surface area (Å²) in [5, 5.41) is 0. The van der Waals surface area contributed by atoms with Crippen molar-refractivity contribution in [2.75, 3.05) is 13.4 Å². The van der Waals surface area contributed by atoms with Crippen LogP contribution in [0.2, 0.25) is 0 Å². The van der Waals surface area contributed by atoms with E-state index in [4.69, 9.17) is 14.2 Å². The fourth-order valence-corrected chi connectivity index (χ4v) is 1.90. The van der Waals surface area contributed by atoms with Crippen LogP contribution in [0.4, 0.5) is 0 Å². The molecule has 1 aromatic carbocycles. The predicted molar refractivity (Wildman–Crippen MR) is 62.3 cm³/mol. The summed E-state index contributed by atoms with van der Waals surface area (Å²) in [6.45, 7) is 4.21. The second kappa shape index (κ2) is 5.08. The number of rotatable bonds is 4. The molecule has 0 unspecified atom stereocenters. The van der Waals surface area contributed by atoms with Crippen LogP contribution in [0.3, 0.4) is 0 Å². The molecule has 17 heavy (non-hydrogen) atoms. The number of carbonyl (C=O) groups excluding carboxylic acids is 1. The molecule has 0 saturated heterocycles. The summed E-state index contributed by atoms with van der Waals surface area (Å²) in [4.78, 5) is 10.6. The minimum Gasteiger partial charge on any atom is -0.466 e. The van der Waals surface area contributed by atoms with Crippen LogP contribution in [-0.4, -0.2) is 19.4 Å². The van der Waals surface area contributed by atoms with Gasteiger partial charge >= 0.3 is 5.97 Å². The van der Waals surface area contributed by atoms with Crippen molar-refractivity contribution in [1.29, 1.82) is 0 Å². The summed E-state index contributed by atoms with van der Waals surface area (Å²) in [7, 11) is 0. The average Bonchev–Trinajstić information content (AvgIpc) is 2.75. The molecule has 0 fully saturated rings. The third-order valence-electron chi connectivity index (χ3n) is 2.80. The summed E-state index contributed by atoms with van der Waals surface area (Å²) in [6, 6.07) is 3.97. The van der Waals surface area contributed by atoms with Crippen LogP contribution in [0.1, 0.15) is 24.5 Å². The second-order valence-corrected chi connectivity index (χ2v) is 4.03. The van der Waals surface area contributed by atoms with E-state index in [1.54, 1.807) is 0 Å². The van der Waals surface area contributed by atoms with Gasteiger partial charge in [-0.25, -0.2) is 0 Å². The molecule has 0 atom stereocenters. The highest BCUT2D eigenvalue weighted by Gasteiger charge is 2.17. The quantitative estimate of drug-likeness (QED) is 0.594. The maximum atomic E-state index is 10.6. The fraction of sp³-hybridized carbons (Fsp3) is 0.462. The molecule has 1 aliphatic rings. The van der Waals surface area contributed by atoms with Gasteiger partial charge in [0.15, 0.2) is 11.5 Å². The molecule has 1 aromatic rings. The number of hydrogen-bond donors (Lipinski definition) is 0. The summed E-state index contributed by atoms with van der Waals surface area (Å²) < 4.78 is 15.6. The molecule has 2 rings (SSSR count). The molecule has 0 radical (unpaired) electrons. The number of hydrogen-bond acceptors (Lipinski definition) is 4. The van der Waals surface area contributed by atoms with E-state index in [0.717, 1.165) is 29.9 Å². The largest absolute Gasteiger partial charge is 0.466 e. The van der Waals surface area contributed by atoms with Crippen LogP contribution >= 0.6 is 0 Å². The van der Waals surface area contributed by atoms with Crippen molar-refractivity contribution in [3.63, 3.8) is 0 Å². The van der Waals surface area contributed by atoms with E-state index in [-0.39, 0.29) is 5.97 Å². The first-order valence-electron chi connectivity index (χ1n) is 5.70. The molecule has 0 saturated carbocycles. The molecule has 92 valence electrons. The molecule has 0 N–H and O–H groups in total. The molecular formula is C13H16O4. The molecule has 1 heterocycles. The van der Waals surface area contributed by atoms with Gasteiger partial charge in [-0.05, 0) is 37.0 Å². The lowest BCUT2D eigenvalue weighted by Gasteiger charge is -2.08. The van der Waals surface area contributed by atoms with Crippen molar-refractivity contribution >= 4 is 5.97 Å². The molecule has 0 aliphatic carbocycles. The Hall–Kier alpha value is -1.71. The normalized spacial score (nSPS) is 12.6. The molecule has 0 amide bonds. The lowest BCUT2D eigenvalue weighted by atomic mass is 10.0. The van der Waals surface area contributed by atoms with Crippen molar-refractivity contribution in [2.45, 2.75) is 26.7 Å². The Morgan fingerprint density at radius 3 is 3.00 bits per heavy atom. The molecule has 4 nitrogen and oxygen atoms in total. The molecule has 0 spiro atoms. The van der Waals surface area contributed by atoms with Crippen LogP contribution in [0, 0.1) is 6.92 Å². The van der Waals surface area contributed by atoms with Gasteiger partial charge < -0.3 is 14.2 Å². The average molecular weight is 236 g/mol. The summed E-state index contributed by atoms with van der Waals surface area (Å²) >= 11 is 0. The number of benzene rings is 1. The first-order valence-corrected chi connectivity index (χ1v) is 5.70. The van der Waals surface area contributed by atoms with E-state index in [9.17, 15) is 4.79 Å². The molecule has 0 bridgehead atoms. The smallest absolute Gasteiger partial charge is 0.302 e. The maximum Gasteiger partial charge on any atom is 0.302 e. The van der Waals surface area contributed by atoms with Crippen LogP contribution in [0.5, 0.6) is 11.5 Å². The number of carbonyl (C=O) groups is 1. The third kappa shape index (κ3) is 2.70. The Morgan fingerprint density at radius 2 is 2.24 bits per heavy atom. The Kier molecular flexibility index (Phi) is 3.52.